The molecule has 0 radical (unpaired) electrons. The zero-order chi connectivity index (χ0) is 25.2. The second-order valence-electron chi connectivity index (χ2n) is 10.2. The summed E-state index contributed by atoms with van der Waals surface area (Å²) in [5.41, 5.74) is 4.16. The van der Waals surface area contributed by atoms with Gasteiger partial charge in [0.2, 0.25) is 0 Å². The predicted molar refractivity (Wildman–Crippen MR) is 146 cm³/mol. The van der Waals surface area contributed by atoms with Crippen LogP contribution in [0.4, 0.5) is 11.5 Å². The molecule has 8 nitrogen and oxygen atoms in total. The SMILES string of the molecule is CN1CCN(C(=O)c2ccc(-c3nc(Nc4ccccc4)c4ncn(C5CCCCC5)c4n3)cc2)CC1. The van der Waals surface area contributed by atoms with Gasteiger partial charge in [-0.15, -0.1) is 0 Å². The Morgan fingerprint density at radius 1 is 0.892 bits per heavy atom. The van der Waals surface area contributed by atoms with E-state index in [-0.39, 0.29) is 5.91 Å². The maximum Gasteiger partial charge on any atom is 0.253 e. The number of amides is 1. The van der Waals surface area contributed by atoms with Gasteiger partial charge in [-0.3, -0.25) is 4.79 Å². The molecule has 1 saturated heterocycles. The molecule has 1 amide bonds. The maximum atomic E-state index is 13.0. The highest BCUT2D eigenvalue weighted by atomic mass is 16.2. The standard InChI is InChI=1S/C29H33N7O/c1-34-16-18-35(19-17-34)29(37)22-14-12-21(13-15-22)26-32-27(31-23-8-4-2-5-9-23)25-28(33-26)36(20-30-25)24-10-6-3-7-11-24/h2,4-5,8-9,12-15,20,24H,3,6-7,10-11,16-19H2,1H3,(H,31,32,33). The summed E-state index contributed by atoms with van der Waals surface area (Å²) < 4.78 is 2.24. The molecule has 1 aliphatic carbocycles. The third-order valence-electron chi connectivity index (χ3n) is 7.61. The fourth-order valence-electron chi connectivity index (χ4n) is 5.37. The number of anilines is 2. The third-order valence-corrected chi connectivity index (χ3v) is 7.61. The zero-order valence-electron chi connectivity index (χ0n) is 21.3. The number of likely N-dealkylation sites (N-methyl/N-ethyl adjacent to an activating group) is 1. The number of benzene rings is 2. The van der Waals surface area contributed by atoms with Gasteiger partial charge in [-0.1, -0.05) is 49.6 Å². The summed E-state index contributed by atoms with van der Waals surface area (Å²) in [4.78, 5) is 31.9. The van der Waals surface area contributed by atoms with Gasteiger partial charge in [-0.05, 0) is 44.2 Å². The number of fused-ring (bicyclic) bond motifs is 1. The molecule has 0 unspecified atom stereocenters. The van der Waals surface area contributed by atoms with E-state index in [4.69, 9.17) is 15.0 Å². The minimum Gasteiger partial charge on any atom is -0.338 e. The van der Waals surface area contributed by atoms with E-state index >= 15 is 0 Å². The van der Waals surface area contributed by atoms with Crippen molar-refractivity contribution in [1.82, 2.24) is 29.3 Å². The number of hydrogen-bond acceptors (Lipinski definition) is 6. The van der Waals surface area contributed by atoms with Crippen molar-refractivity contribution in [1.29, 1.82) is 0 Å². The van der Waals surface area contributed by atoms with Crippen molar-refractivity contribution in [2.75, 3.05) is 38.5 Å². The van der Waals surface area contributed by atoms with Crippen molar-refractivity contribution in [3.8, 4) is 11.4 Å². The van der Waals surface area contributed by atoms with Crippen LogP contribution in [0.25, 0.3) is 22.6 Å². The number of imidazole rings is 1. The summed E-state index contributed by atoms with van der Waals surface area (Å²) in [6.45, 7) is 3.33. The number of aromatic nitrogens is 4. The molecule has 1 N–H and O–H groups in total. The Bertz CT molecular complexity index is 1370. The van der Waals surface area contributed by atoms with Crippen LogP contribution in [-0.2, 0) is 0 Å². The molecule has 2 aromatic carbocycles. The highest BCUT2D eigenvalue weighted by Crippen LogP contribution is 2.33. The molecule has 0 bridgehead atoms. The summed E-state index contributed by atoms with van der Waals surface area (Å²) in [7, 11) is 2.09. The van der Waals surface area contributed by atoms with E-state index in [1.165, 1.54) is 19.3 Å². The number of nitrogens with one attached hydrogen (secondary N) is 1. The second kappa shape index (κ2) is 10.3. The molecule has 3 heterocycles. The van der Waals surface area contributed by atoms with Crippen LogP contribution < -0.4 is 5.32 Å². The molecule has 0 spiro atoms. The molecule has 2 fully saturated rings. The lowest BCUT2D eigenvalue weighted by Gasteiger charge is -2.32. The quantitative estimate of drug-likeness (QED) is 0.414. The van der Waals surface area contributed by atoms with Crippen molar-refractivity contribution in [3.05, 3.63) is 66.5 Å². The molecule has 8 heteroatoms. The number of piperazine rings is 1. The number of carbonyl (C=O) groups excluding carboxylic acids is 1. The summed E-state index contributed by atoms with van der Waals surface area (Å²) >= 11 is 0. The molecule has 6 rings (SSSR count). The van der Waals surface area contributed by atoms with Gasteiger partial charge in [-0.2, -0.15) is 0 Å². The molecule has 0 atom stereocenters. The first-order chi connectivity index (χ1) is 18.2. The van der Waals surface area contributed by atoms with E-state index in [1.54, 1.807) is 0 Å². The lowest BCUT2D eigenvalue weighted by Crippen LogP contribution is -2.47. The van der Waals surface area contributed by atoms with Crippen LogP contribution in [0.3, 0.4) is 0 Å². The monoisotopic (exact) mass is 495 g/mol. The Morgan fingerprint density at radius 3 is 2.35 bits per heavy atom. The summed E-state index contributed by atoms with van der Waals surface area (Å²) in [6, 6.07) is 18.1. The van der Waals surface area contributed by atoms with E-state index in [9.17, 15) is 4.79 Å². The molecule has 4 aromatic rings. The fourth-order valence-corrected chi connectivity index (χ4v) is 5.37. The highest BCUT2D eigenvalue weighted by molar-refractivity contribution is 5.95. The fraction of sp³-hybridized carbons (Fsp3) is 0.379. The van der Waals surface area contributed by atoms with Gasteiger partial charge >= 0.3 is 0 Å². The predicted octanol–water partition coefficient (Wildman–Crippen LogP) is 5.13. The molecular weight excluding hydrogens is 462 g/mol. The zero-order valence-corrected chi connectivity index (χ0v) is 21.3. The van der Waals surface area contributed by atoms with Gasteiger partial charge in [-0.25, -0.2) is 15.0 Å². The normalized spacial score (nSPS) is 17.3. The largest absolute Gasteiger partial charge is 0.338 e. The smallest absolute Gasteiger partial charge is 0.253 e. The summed E-state index contributed by atoms with van der Waals surface area (Å²) in [5, 5.41) is 3.46. The van der Waals surface area contributed by atoms with E-state index in [0.29, 0.717) is 23.2 Å². The van der Waals surface area contributed by atoms with Gasteiger partial charge in [0.1, 0.15) is 0 Å². The first kappa shape index (κ1) is 23.6. The van der Waals surface area contributed by atoms with Crippen molar-refractivity contribution in [2.24, 2.45) is 0 Å². The first-order valence-corrected chi connectivity index (χ1v) is 13.3. The molecule has 2 aliphatic rings. The lowest BCUT2D eigenvalue weighted by atomic mass is 9.95. The second-order valence-corrected chi connectivity index (χ2v) is 10.2. The van der Waals surface area contributed by atoms with Gasteiger partial charge < -0.3 is 19.7 Å². The van der Waals surface area contributed by atoms with E-state index in [1.807, 2.05) is 65.8 Å². The molecule has 1 saturated carbocycles. The molecule has 37 heavy (non-hydrogen) atoms. The lowest BCUT2D eigenvalue weighted by molar-refractivity contribution is 0.0664. The van der Waals surface area contributed by atoms with Crippen LogP contribution in [0.5, 0.6) is 0 Å². The average molecular weight is 496 g/mol. The van der Waals surface area contributed by atoms with E-state index in [0.717, 1.165) is 61.4 Å². The van der Waals surface area contributed by atoms with Gasteiger partial charge in [0, 0.05) is 49.0 Å². The Balaban J connectivity index is 1.35. The Kier molecular flexibility index (Phi) is 6.57. The minimum atomic E-state index is 0.0813. The number of para-hydroxylation sites is 1. The summed E-state index contributed by atoms with van der Waals surface area (Å²) in [5.74, 6) is 1.40. The number of hydrogen-bond donors (Lipinski definition) is 1. The highest BCUT2D eigenvalue weighted by Gasteiger charge is 2.23. The number of nitrogens with zero attached hydrogens (tertiary/aromatic N) is 6. The topological polar surface area (TPSA) is 79.2 Å². The first-order valence-electron chi connectivity index (χ1n) is 13.3. The molecule has 1 aliphatic heterocycles. The molecule has 190 valence electrons. The Hall–Kier alpha value is -3.78. The minimum absolute atomic E-state index is 0.0813. The van der Waals surface area contributed by atoms with E-state index in [2.05, 4.69) is 21.8 Å². The van der Waals surface area contributed by atoms with Crippen molar-refractivity contribution < 1.29 is 4.79 Å². The van der Waals surface area contributed by atoms with Gasteiger partial charge in [0.15, 0.2) is 22.8 Å². The van der Waals surface area contributed by atoms with Crippen molar-refractivity contribution in [2.45, 2.75) is 38.1 Å². The summed E-state index contributed by atoms with van der Waals surface area (Å²) in [6.07, 6.45) is 7.99. The van der Waals surface area contributed by atoms with Crippen molar-refractivity contribution >= 4 is 28.6 Å². The third kappa shape index (κ3) is 4.93. The molecule has 2 aromatic heterocycles. The average Bonchev–Trinajstić information content (AvgIpc) is 3.39. The molecular formula is C29H33N7O. The maximum absolute atomic E-state index is 13.0. The number of rotatable bonds is 5. The van der Waals surface area contributed by atoms with Gasteiger partial charge in [0.25, 0.3) is 5.91 Å². The van der Waals surface area contributed by atoms with Crippen LogP contribution in [0.1, 0.15) is 48.5 Å². The van der Waals surface area contributed by atoms with Crippen molar-refractivity contribution in [3.63, 3.8) is 0 Å². The Morgan fingerprint density at radius 2 is 1.62 bits per heavy atom. The van der Waals surface area contributed by atoms with Crippen LogP contribution in [0.2, 0.25) is 0 Å². The van der Waals surface area contributed by atoms with Gasteiger partial charge in [0.05, 0.1) is 6.33 Å². The number of carbonyl (C=O) groups is 1. The van der Waals surface area contributed by atoms with Crippen LogP contribution in [-0.4, -0.2) is 68.5 Å². The Labute approximate surface area is 217 Å². The van der Waals surface area contributed by atoms with E-state index < -0.39 is 0 Å². The van der Waals surface area contributed by atoms with Crippen LogP contribution in [0, 0.1) is 0 Å². The van der Waals surface area contributed by atoms with Crippen LogP contribution >= 0.6 is 0 Å². The van der Waals surface area contributed by atoms with Crippen LogP contribution in [0.15, 0.2) is 60.9 Å².